The molecule has 13 heavy (non-hydrogen) atoms. The van der Waals surface area contributed by atoms with Gasteiger partial charge in [0.25, 0.3) is 0 Å². The highest BCUT2D eigenvalue weighted by molar-refractivity contribution is 6.04. The summed E-state index contributed by atoms with van der Waals surface area (Å²) in [6.45, 7) is 3.92. The molecule has 0 heterocycles. The number of carbonyl (C=O) groups is 1. The van der Waals surface area contributed by atoms with Gasteiger partial charge in [-0.25, -0.2) is 4.39 Å². The third-order valence-electron chi connectivity index (χ3n) is 2.67. The third-order valence-corrected chi connectivity index (χ3v) is 2.67. The zero-order valence-corrected chi connectivity index (χ0v) is 7.73. The number of halogens is 1. The summed E-state index contributed by atoms with van der Waals surface area (Å²) in [5, 5.41) is 0. The molecule has 1 atom stereocenters. The van der Waals surface area contributed by atoms with Crippen LogP contribution in [0.5, 0.6) is 0 Å². The smallest absolute Gasteiger partial charge is 0.197 e. The van der Waals surface area contributed by atoms with Crippen LogP contribution in [0.1, 0.15) is 27.0 Å². The van der Waals surface area contributed by atoms with Crippen LogP contribution in [0.4, 0.5) is 4.39 Å². The van der Waals surface area contributed by atoms with Crippen molar-refractivity contribution in [3.63, 3.8) is 0 Å². The quantitative estimate of drug-likeness (QED) is 0.596. The van der Waals surface area contributed by atoms with E-state index in [-0.39, 0.29) is 12.2 Å². The molecule has 2 heteroatoms. The highest BCUT2D eigenvalue weighted by Gasteiger charge is 2.30. The molecule has 0 bridgehead atoms. The normalized spacial score (nSPS) is 20.5. The topological polar surface area (TPSA) is 17.1 Å². The standard InChI is InChI=1S/C11H11FO/c1-6-3-8-5-10(12)11(13)9(8)4-7(6)2/h3-4,10H,5H2,1-2H3. The van der Waals surface area contributed by atoms with E-state index in [1.54, 1.807) is 6.07 Å². The van der Waals surface area contributed by atoms with E-state index in [4.69, 9.17) is 0 Å². The number of Topliss-reactive ketones (excluding diaryl/α,β-unsaturated/α-hetero) is 1. The van der Waals surface area contributed by atoms with Crippen LogP contribution in [0, 0.1) is 13.8 Å². The molecule has 68 valence electrons. The second kappa shape index (κ2) is 2.66. The Morgan fingerprint density at radius 1 is 1.31 bits per heavy atom. The van der Waals surface area contributed by atoms with E-state index in [0.717, 1.165) is 16.7 Å². The van der Waals surface area contributed by atoms with Crippen molar-refractivity contribution >= 4 is 5.78 Å². The lowest BCUT2D eigenvalue weighted by molar-refractivity contribution is 0.0899. The summed E-state index contributed by atoms with van der Waals surface area (Å²) in [4.78, 5) is 11.3. The minimum atomic E-state index is -1.31. The molecule has 1 unspecified atom stereocenters. The molecule has 1 aromatic rings. The van der Waals surface area contributed by atoms with Crippen molar-refractivity contribution in [1.82, 2.24) is 0 Å². The molecule has 0 aliphatic heterocycles. The minimum absolute atomic E-state index is 0.259. The van der Waals surface area contributed by atoms with Crippen LogP contribution < -0.4 is 0 Å². The van der Waals surface area contributed by atoms with Gasteiger partial charge in [-0.1, -0.05) is 6.07 Å². The van der Waals surface area contributed by atoms with E-state index in [1.165, 1.54) is 0 Å². The summed E-state index contributed by atoms with van der Waals surface area (Å²) in [5.74, 6) is -0.349. The van der Waals surface area contributed by atoms with E-state index in [9.17, 15) is 9.18 Å². The second-order valence-electron chi connectivity index (χ2n) is 3.63. The first-order chi connectivity index (χ1) is 6.09. The van der Waals surface area contributed by atoms with Gasteiger partial charge < -0.3 is 0 Å². The summed E-state index contributed by atoms with van der Waals surface area (Å²) in [7, 11) is 0. The summed E-state index contributed by atoms with van der Waals surface area (Å²) in [6.07, 6.45) is -1.05. The van der Waals surface area contributed by atoms with E-state index in [2.05, 4.69) is 0 Å². The van der Waals surface area contributed by atoms with E-state index < -0.39 is 6.17 Å². The average molecular weight is 178 g/mol. The van der Waals surface area contributed by atoms with Crippen molar-refractivity contribution in [2.45, 2.75) is 26.4 Å². The molecule has 0 saturated carbocycles. The number of rotatable bonds is 0. The second-order valence-corrected chi connectivity index (χ2v) is 3.63. The van der Waals surface area contributed by atoms with Gasteiger partial charge in [0.05, 0.1) is 0 Å². The van der Waals surface area contributed by atoms with Gasteiger partial charge in [0.2, 0.25) is 0 Å². The van der Waals surface area contributed by atoms with Crippen LogP contribution in [0.15, 0.2) is 12.1 Å². The van der Waals surface area contributed by atoms with Crippen molar-refractivity contribution in [2.24, 2.45) is 0 Å². The molecule has 1 aliphatic rings. The fraction of sp³-hybridized carbons (Fsp3) is 0.364. The molecule has 0 radical (unpaired) electrons. The van der Waals surface area contributed by atoms with Gasteiger partial charge in [-0.2, -0.15) is 0 Å². The van der Waals surface area contributed by atoms with Gasteiger partial charge in [0.15, 0.2) is 12.0 Å². The third kappa shape index (κ3) is 1.17. The molecule has 1 aliphatic carbocycles. The Labute approximate surface area is 76.6 Å². The molecule has 0 spiro atoms. The Morgan fingerprint density at radius 2 is 1.92 bits per heavy atom. The number of ketones is 1. The van der Waals surface area contributed by atoms with Crippen LogP contribution in [0.3, 0.4) is 0 Å². The van der Waals surface area contributed by atoms with Gasteiger partial charge in [-0.3, -0.25) is 4.79 Å². The van der Waals surface area contributed by atoms with Gasteiger partial charge in [-0.15, -0.1) is 0 Å². The highest BCUT2D eigenvalue weighted by Crippen LogP contribution is 2.26. The predicted molar refractivity (Wildman–Crippen MR) is 48.8 cm³/mol. The lowest BCUT2D eigenvalue weighted by atomic mass is 10.0. The number of hydrogen-bond acceptors (Lipinski definition) is 1. The monoisotopic (exact) mass is 178 g/mol. The molecular weight excluding hydrogens is 167 g/mol. The predicted octanol–water partition coefficient (Wildman–Crippen LogP) is 2.38. The van der Waals surface area contributed by atoms with Crippen LogP contribution >= 0.6 is 0 Å². The van der Waals surface area contributed by atoms with E-state index in [0.29, 0.717) is 5.56 Å². The zero-order chi connectivity index (χ0) is 9.59. The Hall–Kier alpha value is -1.18. The average Bonchev–Trinajstić information content (AvgIpc) is 2.32. The molecule has 0 fully saturated rings. The first kappa shape index (κ1) is 8.42. The summed E-state index contributed by atoms with van der Waals surface area (Å²) in [5.41, 5.74) is 3.62. The number of aryl methyl sites for hydroxylation is 2. The maximum atomic E-state index is 13.0. The number of alkyl halides is 1. The molecule has 0 saturated heterocycles. The Bertz CT molecular complexity index is 382. The maximum Gasteiger partial charge on any atom is 0.197 e. The minimum Gasteiger partial charge on any atom is -0.291 e. The van der Waals surface area contributed by atoms with Crippen molar-refractivity contribution < 1.29 is 9.18 Å². The fourth-order valence-electron chi connectivity index (χ4n) is 1.73. The number of hydrogen-bond donors (Lipinski definition) is 0. The zero-order valence-electron chi connectivity index (χ0n) is 7.73. The van der Waals surface area contributed by atoms with Crippen molar-refractivity contribution in [3.05, 3.63) is 34.4 Å². The number of benzene rings is 1. The van der Waals surface area contributed by atoms with Crippen LogP contribution in [0.25, 0.3) is 0 Å². The lowest BCUT2D eigenvalue weighted by Gasteiger charge is -2.02. The number of carbonyl (C=O) groups excluding carboxylic acids is 1. The van der Waals surface area contributed by atoms with E-state index >= 15 is 0 Å². The van der Waals surface area contributed by atoms with Crippen LogP contribution in [-0.2, 0) is 6.42 Å². The van der Waals surface area contributed by atoms with Gasteiger partial charge >= 0.3 is 0 Å². The SMILES string of the molecule is Cc1cc2c(cc1C)C(=O)C(F)C2. The van der Waals surface area contributed by atoms with Gasteiger partial charge in [-0.05, 0) is 36.6 Å². The molecule has 0 aromatic heterocycles. The fourth-order valence-corrected chi connectivity index (χ4v) is 1.73. The Kier molecular flexibility index (Phi) is 1.72. The summed E-state index contributed by atoms with van der Waals surface area (Å²) >= 11 is 0. The molecular formula is C11H11FO. The largest absolute Gasteiger partial charge is 0.291 e. The maximum absolute atomic E-state index is 13.0. The highest BCUT2D eigenvalue weighted by atomic mass is 19.1. The Balaban J connectivity index is 2.59. The molecule has 0 N–H and O–H groups in total. The first-order valence-corrected chi connectivity index (χ1v) is 4.38. The van der Waals surface area contributed by atoms with Crippen LogP contribution in [-0.4, -0.2) is 12.0 Å². The van der Waals surface area contributed by atoms with Gasteiger partial charge in [0.1, 0.15) is 0 Å². The van der Waals surface area contributed by atoms with Crippen molar-refractivity contribution in [1.29, 1.82) is 0 Å². The Morgan fingerprint density at radius 3 is 2.62 bits per heavy atom. The lowest BCUT2D eigenvalue weighted by Crippen LogP contribution is -2.08. The molecule has 1 aromatic carbocycles. The van der Waals surface area contributed by atoms with E-state index in [1.807, 2.05) is 19.9 Å². The summed E-state index contributed by atoms with van der Waals surface area (Å²) in [6, 6.07) is 3.72. The first-order valence-electron chi connectivity index (χ1n) is 4.38. The molecule has 0 amide bonds. The molecule has 2 rings (SSSR count). The molecule has 1 nitrogen and oxygen atoms in total. The number of fused-ring (bicyclic) bond motifs is 1. The van der Waals surface area contributed by atoms with Gasteiger partial charge in [0, 0.05) is 12.0 Å². The van der Waals surface area contributed by atoms with Crippen molar-refractivity contribution in [3.8, 4) is 0 Å². The summed E-state index contributed by atoms with van der Waals surface area (Å²) < 4.78 is 13.0. The van der Waals surface area contributed by atoms with Crippen molar-refractivity contribution in [2.75, 3.05) is 0 Å². The van der Waals surface area contributed by atoms with Crippen LogP contribution in [0.2, 0.25) is 0 Å².